The number of carbonyl (C=O) groups excluding carboxylic acids is 2. The second-order valence-electron chi connectivity index (χ2n) is 6.83. The molecule has 5 heteroatoms. The summed E-state index contributed by atoms with van der Waals surface area (Å²) in [5.74, 6) is -1.02. The van der Waals surface area contributed by atoms with Crippen LogP contribution in [0.15, 0.2) is 24.3 Å². The van der Waals surface area contributed by atoms with Crippen molar-refractivity contribution in [2.45, 2.75) is 40.3 Å². The lowest BCUT2D eigenvalue weighted by atomic mass is 9.61. The molecule has 1 fully saturated rings. The minimum Gasteiger partial charge on any atom is -0.465 e. The van der Waals surface area contributed by atoms with E-state index in [1.807, 2.05) is 45.0 Å². The SMILES string of the molecule is CCOC(=O)C1(C(C)(C)C)C(=O)ON2Cc3ccccc3C21. The van der Waals surface area contributed by atoms with E-state index in [1.54, 1.807) is 12.0 Å². The van der Waals surface area contributed by atoms with Crippen LogP contribution in [0.1, 0.15) is 44.9 Å². The lowest BCUT2D eigenvalue weighted by molar-refractivity contribution is -0.180. The van der Waals surface area contributed by atoms with Crippen molar-refractivity contribution < 1.29 is 19.2 Å². The molecule has 2 unspecified atom stereocenters. The molecule has 5 nitrogen and oxygen atoms in total. The molecule has 0 bridgehead atoms. The molecule has 0 saturated carbocycles. The first-order chi connectivity index (χ1) is 10.3. The van der Waals surface area contributed by atoms with E-state index in [1.165, 1.54) is 0 Å². The Balaban J connectivity index is 2.20. The van der Waals surface area contributed by atoms with Crippen molar-refractivity contribution in [3.8, 4) is 0 Å². The molecule has 0 spiro atoms. The predicted molar refractivity (Wildman–Crippen MR) is 79.3 cm³/mol. The zero-order valence-electron chi connectivity index (χ0n) is 13.4. The van der Waals surface area contributed by atoms with Crippen LogP contribution in [0, 0.1) is 10.8 Å². The Morgan fingerprint density at radius 3 is 2.73 bits per heavy atom. The highest BCUT2D eigenvalue weighted by atomic mass is 16.7. The van der Waals surface area contributed by atoms with Gasteiger partial charge in [-0.25, -0.2) is 4.79 Å². The van der Waals surface area contributed by atoms with Crippen molar-refractivity contribution in [2.75, 3.05) is 6.61 Å². The molecule has 0 N–H and O–H groups in total. The molecule has 1 saturated heterocycles. The van der Waals surface area contributed by atoms with Crippen molar-refractivity contribution in [1.29, 1.82) is 0 Å². The fourth-order valence-corrected chi connectivity index (χ4v) is 3.65. The van der Waals surface area contributed by atoms with Crippen molar-refractivity contribution in [2.24, 2.45) is 10.8 Å². The molecular formula is C17H21NO4. The maximum Gasteiger partial charge on any atom is 0.345 e. The molecule has 2 aliphatic rings. The van der Waals surface area contributed by atoms with Crippen molar-refractivity contribution >= 4 is 11.9 Å². The number of nitrogens with zero attached hydrogens (tertiary/aromatic N) is 1. The summed E-state index contributed by atoms with van der Waals surface area (Å²) in [6, 6.07) is 7.40. The van der Waals surface area contributed by atoms with E-state index in [9.17, 15) is 9.59 Å². The van der Waals surface area contributed by atoms with Gasteiger partial charge in [-0.3, -0.25) is 4.79 Å². The number of ether oxygens (including phenoxy) is 1. The molecule has 0 radical (unpaired) electrons. The summed E-state index contributed by atoms with van der Waals surface area (Å²) in [6.07, 6.45) is 0. The zero-order valence-corrected chi connectivity index (χ0v) is 13.4. The molecule has 0 aliphatic carbocycles. The Morgan fingerprint density at radius 1 is 1.41 bits per heavy atom. The van der Waals surface area contributed by atoms with Crippen LogP contribution in [-0.4, -0.2) is 23.6 Å². The normalized spacial score (nSPS) is 27.3. The topological polar surface area (TPSA) is 55.8 Å². The molecule has 118 valence electrons. The van der Waals surface area contributed by atoms with Crippen LogP contribution in [0.4, 0.5) is 0 Å². The Bertz CT molecular complexity index is 634. The fourth-order valence-electron chi connectivity index (χ4n) is 3.65. The van der Waals surface area contributed by atoms with Gasteiger partial charge in [-0.05, 0) is 23.5 Å². The second-order valence-corrected chi connectivity index (χ2v) is 6.83. The molecule has 2 heterocycles. The Hall–Kier alpha value is -1.88. The van der Waals surface area contributed by atoms with E-state index >= 15 is 0 Å². The molecule has 2 aliphatic heterocycles. The maximum atomic E-state index is 12.8. The van der Waals surface area contributed by atoms with E-state index in [-0.39, 0.29) is 6.61 Å². The van der Waals surface area contributed by atoms with Gasteiger partial charge in [-0.2, -0.15) is 0 Å². The lowest BCUT2D eigenvalue weighted by Gasteiger charge is -2.39. The Labute approximate surface area is 130 Å². The van der Waals surface area contributed by atoms with Gasteiger partial charge in [0.15, 0.2) is 5.41 Å². The van der Waals surface area contributed by atoms with Gasteiger partial charge in [0.05, 0.1) is 19.2 Å². The monoisotopic (exact) mass is 303 g/mol. The van der Waals surface area contributed by atoms with Crippen LogP contribution in [0.5, 0.6) is 0 Å². The summed E-state index contributed by atoms with van der Waals surface area (Å²) in [5.41, 5.74) is 0.0669. The number of rotatable bonds is 2. The minimum atomic E-state index is -1.35. The third-order valence-corrected chi connectivity index (χ3v) is 4.68. The van der Waals surface area contributed by atoms with Gasteiger partial charge in [-0.15, -0.1) is 5.06 Å². The molecule has 3 rings (SSSR count). The zero-order chi connectivity index (χ0) is 16.1. The molecule has 2 atom stereocenters. The van der Waals surface area contributed by atoms with E-state index in [4.69, 9.17) is 9.57 Å². The average molecular weight is 303 g/mol. The van der Waals surface area contributed by atoms with E-state index in [0.29, 0.717) is 6.54 Å². The highest BCUT2D eigenvalue weighted by molar-refractivity contribution is 6.03. The van der Waals surface area contributed by atoms with Crippen molar-refractivity contribution in [1.82, 2.24) is 5.06 Å². The summed E-state index contributed by atoms with van der Waals surface area (Å²) in [4.78, 5) is 31.0. The third-order valence-electron chi connectivity index (χ3n) is 4.68. The molecule has 1 aromatic carbocycles. The maximum absolute atomic E-state index is 12.8. The molecule has 0 amide bonds. The molecule has 22 heavy (non-hydrogen) atoms. The van der Waals surface area contributed by atoms with E-state index < -0.39 is 28.8 Å². The van der Waals surface area contributed by atoms with Crippen LogP contribution in [0.2, 0.25) is 0 Å². The Morgan fingerprint density at radius 2 is 2.09 bits per heavy atom. The molecule has 0 aromatic heterocycles. The largest absolute Gasteiger partial charge is 0.465 e. The van der Waals surface area contributed by atoms with Gasteiger partial charge >= 0.3 is 11.9 Å². The first kappa shape index (κ1) is 15.0. The summed E-state index contributed by atoms with van der Waals surface area (Å²) in [7, 11) is 0. The number of fused-ring (bicyclic) bond motifs is 3. The van der Waals surface area contributed by atoms with Gasteiger partial charge in [0.25, 0.3) is 0 Å². The fraction of sp³-hybridized carbons (Fsp3) is 0.529. The third kappa shape index (κ3) is 1.75. The van der Waals surface area contributed by atoms with Crippen molar-refractivity contribution in [3.05, 3.63) is 35.4 Å². The smallest absolute Gasteiger partial charge is 0.345 e. The van der Waals surface area contributed by atoms with Gasteiger partial charge < -0.3 is 9.57 Å². The summed E-state index contributed by atoms with van der Waals surface area (Å²) >= 11 is 0. The van der Waals surface area contributed by atoms with Crippen LogP contribution >= 0.6 is 0 Å². The predicted octanol–water partition coefficient (Wildman–Crippen LogP) is 2.61. The summed E-state index contributed by atoms with van der Waals surface area (Å²) in [5, 5.41) is 1.62. The van der Waals surface area contributed by atoms with Crippen LogP contribution in [0.25, 0.3) is 0 Å². The quantitative estimate of drug-likeness (QED) is 0.621. The summed E-state index contributed by atoms with van der Waals surface area (Å²) < 4.78 is 5.28. The number of esters is 1. The highest BCUT2D eigenvalue weighted by Gasteiger charge is 2.70. The Kier molecular flexibility index (Phi) is 3.29. The van der Waals surface area contributed by atoms with Crippen molar-refractivity contribution in [3.63, 3.8) is 0 Å². The number of hydrogen-bond acceptors (Lipinski definition) is 5. The number of hydroxylamine groups is 2. The highest BCUT2D eigenvalue weighted by Crippen LogP contribution is 2.59. The number of hydrogen-bond donors (Lipinski definition) is 0. The standard InChI is InChI=1S/C17H21NO4/c1-5-21-14(19)17(16(2,3)4)13-12-9-7-6-8-11(12)10-18(13)22-15(17)20/h6-9,13H,5,10H2,1-4H3. The molecule has 1 aromatic rings. The first-order valence-electron chi connectivity index (χ1n) is 7.58. The number of carbonyl (C=O) groups is 2. The number of benzene rings is 1. The van der Waals surface area contributed by atoms with Gasteiger partial charge in [-0.1, -0.05) is 45.0 Å². The minimum absolute atomic E-state index is 0.234. The van der Waals surface area contributed by atoms with E-state index in [0.717, 1.165) is 11.1 Å². The van der Waals surface area contributed by atoms with E-state index in [2.05, 4.69) is 0 Å². The first-order valence-corrected chi connectivity index (χ1v) is 7.58. The van der Waals surface area contributed by atoms with Crippen LogP contribution in [-0.2, 0) is 25.7 Å². The van der Waals surface area contributed by atoms with Crippen LogP contribution < -0.4 is 0 Å². The average Bonchev–Trinajstić information content (AvgIpc) is 2.90. The summed E-state index contributed by atoms with van der Waals surface area (Å²) in [6.45, 7) is 8.14. The van der Waals surface area contributed by atoms with Crippen LogP contribution in [0.3, 0.4) is 0 Å². The van der Waals surface area contributed by atoms with Gasteiger partial charge in [0, 0.05) is 0 Å². The molecular weight excluding hydrogens is 282 g/mol. The second kappa shape index (κ2) is 4.81. The van der Waals surface area contributed by atoms with Gasteiger partial charge in [0.2, 0.25) is 0 Å². The van der Waals surface area contributed by atoms with Gasteiger partial charge in [0.1, 0.15) is 0 Å². The lowest BCUT2D eigenvalue weighted by Crippen LogP contribution is -2.51.